The van der Waals surface area contributed by atoms with E-state index >= 15 is 0 Å². The second-order valence-corrected chi connectivity index (χ2v) is 5.22. The average Bonchev–Trinajstić information content (AvgIpc) is 2.44. The van der Waals surface area contributed by atoms with E-state index in [1.807, 2.05) is 0 Å². The van der Waals surface area contributed by atoms with Crippen molar-refractivity contribution < 1.29 is 44.7 Å². The van der Waals surface area contributed by atoms with Gasteiger partial charge in [0.2, 0.25) is 5.78 Å². The van der Waals surface area contributed by atoms with E-state index in [0.29, 0.717) is 5.69 Å². The summed E-state index contributed by atoms with van der Waals surface area (Å²) in [5, 5.41) is 0. The van der Waals surface area contributed by atoms with E-state index in [-0.39, 0.29) is 0 Å². The number of carbonyl (C=O) groups is 2. The highest BCUT2D eigenvalue weighted by Gasteiger charge is 2.69. The summed E-state index contributed by atoms with van der Waals surface area (Å²) < 4.78 is 101. The van der Waals surface area contributed by atoms with Crippen LogP contribution in [0.2, 0.25) is 0 Å². The number of hydrogen-bond donors (Lipinski definition) is 0. The van der Waals surface area contributed by atoms with Crippen LogP contribution in [0, 0.1) is 5.92 Å². The molecule has 1 rings (SSSR count). The van der Waals surface area contributed by atoms with Crippen molar-refractivity contribution in [1.29, 1.82) is 0 Å². The maximum atomic E-state index is 13.0. The van der Waals surface area contributed by atoms with Crippen molar-refractivity contribution >= 4 is 17.3 Å². The van der Waals surface area contributed by atoms with Gasteiger partial charge in [-0.3, -0.25) is 9.59 Å². The smallest absolute Gasteiger partial charge is 0.378 e. The van der Waals surface area contributed by atoms with Gasteiger partial charge in [0, 0.05) is 25.3 Å². The topological polar surface area (TPSA) is 37.4 Å². The van der Waals surface area contributed by atoms with Crippen LogP contribution in [0.1, 0.15) is 10.4 Å². The van der Waals surface area contributed by atoms with Gasteiger partial charge in [-0.1, -0.05) is 0 Å². The molecule has 0 N–H and O–H groups in total. The molecule has 11 heteroatoms. The Hall–Kier alpha value is -2.20. The van der Waals surface area contributed by atoms with Crippen LogP contribution >= 0.6 is 0 Å². The lowest BCUT2D eigenvalue weighted by molar-refractivity contribution is -0.275. The molecule has 140 valence electrons. The maximum absolute atomic E-state index is 13.0. The molecular formula is C14H11F8NO2. The quantitative estimate of drug-likeness (QED) is 0.444. The molecule has 0 bridgehead atoms. The van der Waals surface area contributed by atoms with Crippen molar-refractivity contribution in [2.45, 2.75) is 18.3 Å². The summed E-state index contributed by atoms with van der Waals surface area (Å²) in [5.41, 5.74) is -0.397. The minimum Gasteiger partial charge on any atom is -0.378 e. The highest BCUT2D eigenvalue weighted by molar-refractivity contribution is 6.13. The molecule has 3 nitrogen and oxygen atoms in total. The summed E-state index contributed by atoms with van der Waals surface area (Å²) in [6.45, 7) is 0. The van der Waals surface area contributed by atoms with Crippen molar-refractivity contribution in [1.82, 2.24) is 0 Å². The van der Waals surface area contributed by atoms with Gasteiger partial charge in [-0.05, 0) is 24.3 Å². The number of alkyl halides is 8. The normalized spacial score (nSPS) is 14.2. The molecule has 1 aromatic carbocycles. The first-order valence-electron chi connectivity index (χ1n) is 6.48. The third kappa shape index (κ3) is 4.26. The number of nitrogens with zero attached hydrogens (tertiary/aromatic N) is 1. The summed E-state index contributed by atoms with van der Waals surface area (Å²) >= 11 is 0. The van der Waals surface area contributed by atoms with Crippen molar-refractivity contribution in [3.05, 3.63) is 29.8 Å². The van der Waals surface area contributed by atoms with Crippen LogP contribution in [0.25, 0.3) is 0 Å². The van der Waals surface area contributed by atoms with Crippen molar-refractivity contribution in [2.75, 3.05) is 19.0 Å². The van der Waals surface area contributed by atoms with Crippen molar-refractivity contribution in [3.63, 3.8) is 0 Å². The Bertz CT molecular complexity index is 646. The highest BCUT2D eigenvalue weighted by atomic mass is 19.4. The van der Waals surface area contributed by atoms with E-state index in [1.165, 1.54) is 4.90 Å². The maximum Gasteiger partial charge on any atom is 0.461 e. The fourth-order valence-corrected chi connectivity index (χ4v) is 1.83. The number of Topliss-reactive ketones (excluding diaryl/α,β-unsaturated/α-hetero) is 2. The minimum absolute atomic E-state index is 0.423. The molecule has 0 saturated carbocycles. The minimum atomic E-state index is -6.55. The molecule has 0 heterocycles. The Labute approximate surface area is 136 Å². The molecule has 0 aliphatic heterocycles. The molecule has 0 aliphatic carbocycles. The Balaban J connectivity index is 3.33. The Morgan fingerprint density at radius 3 is 1.64 bits per heavy atom. The first kappa shape index (κ1) is 20.8. The molecule has 0 radical (unpaired) electrons. The van der Waals surface area contributed by atoms with E-state index in [0.717, 1.165) is 24.3 Å². The van der Waals surface area contributed by atoms with E-state index in [2.05, 4.69) is 0 Å². The van der Waals surface area contributed by atoms with Crippen molar-refractivity contribution in [3.8, 4) is 0 Å². The first-order chi connectivity index (χ1) is 11.1. The summed E-state index contributed by atoms with van der Waals surface area (Å²) in [4.78, 5) is 24.6. The average molecular weight is 377 g/mol. The standard InChI is InChI=1S/C14H11F8NO2/c1-23(2)8-5-3-7(4-6-8)10(24)9(13(17,18)19)11(25)12(15,16)14(20,21)22/h3-6,9H,1-2H3. The Morgan fingerprint density at radius 2 is 1.32 bits per heavy atom. The van der Waals surface area contributed by atoms with E-state index in [1.54, 1.807) is 14.1 Å². The third-order valence-corrected chi connectivity index (χ3v) is 3.19. The molecule has 0 saturated heterocycles. The molecule has 0 aromatic heterocycles. The summed E-state index contributed by atoms with van der Waals surface area (Å²) in [6.07, 6.45) is -12.5. The highest BCUT2D eigenvalue weighted by Crippen LogP contribution is 2.42. The summed E-state index contributed by atoms with van der Waals surface area (Å²) in [5.74, 6) is -16.2. The van der Waals surface area contributed by atoms with Crippen LogP contribution < -0.4 is 4.90 Å². The monoisotopic (exact) mass is 377 g/mol. The van der Waals surface area contributed by atoms with Crippen LogP contribution in [0.4, 0.5) is 40.8 Å². The SMILES string of the molecule is CN(C)c1ccc(C(=O)C(C(=O)C(F)(F)C(F)(F)F)C(F)(F)F)cc1. The van der Waals surface area contributed by atoms with Gasteiger partial charge in [-0.25, -0.2) is 0 Å². The van der Waals surface area contributed by atoms with Crippen molar-refractivity contribution in [2.24, 2.45) is 5.92 Å². The molecule has 1 atom stereocenters. The van der Waals surface area contributed by atoms with Crippen LogP contribution in [0.15, 0.2) is 24.3 Å². The van der Waals surface area contributed by atoms with Gasteiger partial charge in [0.05, 0.1) is 0 Å². The molecule has 0 spiro atoms. The lowest BCUT2D eigenvalue weighted by Gasteiger charge is -2.24. The van der Waals surface area contributed by atoms with Gasteiger partial charge in [-0.15, -0.1) is 0 Å². The Morgan fingerprint density at radius 1 is 0.880 bits per heavy atom. The predicted molar refractivity (Wildman–Crippen MR) is 70.7 cm³/mol. The molecular weight excluding hydrogens is 366 g/mol. The summed E-state index contributed by atoms with van der Waals surface area (Å²) in [6, 6.07) is 3.89. The van der Waals surface area contributed by atoms with Crippen LogP contribution in [0.5, 0.6) is 0 Å². The van der Waals surface area contributed by atoms with E-state index in [9.17, 15) is 44.7 Å². The second-order valence-electron chi connectivity index (χ2n) is 5.22. The van der Waals surface area contributed by atoms with Gasteiger partial charge in [0.25, 0.3) is 0 Å². The molecule has 0 amide bonds. The molecule has 0 fully saturated rings. The molecule has 1 aromatic rings. The zero-order chi connectivity index (χ0) is 19.8. The van der Waals surface area contributed by atoms with E-state index in [4.69, 9.17) is 0 Å². The fourth-order valence-electron chi connectivity index (χ4n) is 1.83. The number of carbonyl (C=O) groups excluding carboxylic acids is 2. The number of anilines is 1. The second kappa shape index (κ2) is 6.60. The zero-order valence-corrected chi connectivity index (χ0v) is 12.7. The number of halogens is 8. The van der Waals surface area contributed by atoms with Gasteiger partial charge >= 0.3 is 18.3 Å². The van der Waals surface area contributed by atoms with Gasteiger partial charge in [0.1, 0.15) is 0 Å². The van der Waals surface area contributed by atoms with Gasteiger partial charge in [0.15, 0.2) is 11.7 Å². The zero-order valence-electron chi connectivity index (χ0n) is 12.7. The Kier molecular flexibility index (Phi) is 5.50. The number of benzene rings is 1. The number of ketones is 2. The van der Waals surface area contributed by atoms with Gasteiger partial charge in [-0.2, -0.15) is 35.1 Å². The van der Waals surface area contributed by atoms with Crippen LogP contribution in [-0.4, -0.2) is 43.9 Å². The summed E-state index contributed by atoms with van der Waals surface area (Å²) in [7, 11) is 3.12. The largest absolute Gasteiger partial charge is 0.461 e. The predicted octanol–water partition coefficient (Wildman–Crippen LogP) is 3.88. The molecule has 1 unspecified atom stereocenters. The molecule has 0 aliphatic rings. The lowest BCUT2D eigenvalue weighted by atomic mass is 9.89. The number of rotatable bonds is 5. The third-order valence-electron chi connectivity index (χ3n) is 3.19. The van der Waals surface area contributed by atoms with E-state index < -0.39 is 41.3 Å². The first-order valence-corrected chi connectivity index (χ1v) is 6.48. The fraction of sp³-hybridized carbons (Fsp3) is 0.429. The molecule has 25 heavy (non-hydrogen) atoms. The van der Waals surface area contributed by atoms with Crippen LogP contribution in [-0.2, 0) is 4.79 Å². The van der Waals surface area contributed by atoms with Gasteiger partial charge < -0.3 is 4.90 Å². The van der Waals surface area contributed by atoms with Crippen LogP contribution in [0.3, 0.4) is 0 Å². The lowest BCUT2D eigenvalue weighted by Crippen LogP contribution is -2.52. The number of hydrogen-bond acceptors (Lipinski definition) is 3.